The van der Waals surface area contributed by atoms with Gasteiger partial charge in [0.15, 0.2) is 0 Å². The number of carbonyl (C=O) groups excluding carboxylic acids is 1. The highest BCUT2D eigenvalue weighted by atomic mass is 19.3. The summed E-state index contributed by atoms with van der Waals surface area (Å²) in [7, 11) is 1.83. The van der Waals surface area contributed by atoms with Crippen LogP contribution in [-0.4, -0.2) is 22.3 Å². The highest BCUT2D eigenvalue weighted by Gasteiger charge is 2.20. The summed E-state index contributed by atoms with van der Waals surface area (Å²) in [5.41, 5.74) is 3.16. The van der Waals surface area contributed by atoms with E-state index in [4.69, 9.17) is 0 Å². The number of aryl methyl sites for hydroxylation is 2. The zero-order valence-electron chi connectivity index (χ0n) is 14.8. The second-order valence-corrected chi connectivity index (χ2v) is 5.89. The second kappa shape index (κ2) is 8.09. The molecule has 1 unspecified atom stereocenters. The molecule has 0 radical (unpaired) electrons. The van der Waals surface area contributed by atoms with E-state index in [9.17, 15) is 13.6 Å². The third kappa shape index (κ3) is 4.55. The van der Waals surface area contributed by atoms with Gasteiger partial charge in [0.1, 0.15) is 5.75 Å². The Labute approximate surface area is 146 Å². The van der Waals surface area contributed by atoms with Crippen LogP contribution in [0.15, 0.2) is 24.3 Å². The zero-order chi connectivity index (χ0) is 18.6. The van der Waals surface area contributed by atoms with E-state index >= 15 is 0 Å². The third-order valence-corrected chi connectivity index (χ3v) is 4.25. The minimum atomic E-state index is -2.91. The van der Waals surface area contributed by atoms with E-state index in [1.54, 1.807) is 22.9 Å². The zero-order valence-corrected chi connectivity index (χ0v) is 14.8. The van der Waals surface area contributed by atoms with E-state index in [1.165, 1.54) is 6.07 Å². The van der Waals surface area contributed by atoms with Gasteiger partial charge in [-0.05, 0) is 26.3 Å². The molecule has 0 aliphatic heterocycles. The molecular weight excluding hydrogens is 328 g/mol. The molecule has 0 aliphatic carbocycles. The van der Waals surface area contributed by atoms with Crippen LogP contribution in [-0.2, 0) is 18.3 Å². The quantitative estimate of drug-likeness (QED) is 0.831. The first-order chi connectivity index (χ1) is 11.8. The Balaban J connectivity index is 2.15. The smallest absolute Gasteiger partial charge is 0.387 e. The van der Waals surface area contributed by atoms with Crippen LogP contribution in [0.2, 0.25) is 0 Å². The number of nitrogens with one attached hydrogen (secondary N) is 1. The molecule has 0 bridgehead atoms. The summed E-state index contributed by atoms with van der Waals surface area (Å²) in [4.78, 5) is 12.5. The largest absolute Gasteiger partial charge is 0.434 e. The fourth-order valence-corrected chi connectivity index (χ4v) is 2.85. The Kier molecular flexibility index (Phi) is 6.12. The molecule has 0 fully saturated rings. The predicted octanol–water partition coefficient (Wildman–Crippen LogP) is 3.45. The van der Waals surface area contributed by atoms with E-state index in [-0.39, 0.29) is 18.1 Å². The number of amides is 1. The molecule has 25 heavy (non-hydrogen) atoms. The van der Waals surface area contributed by atoms with Crippen molar-refractivity contribution in [2.45, 2.75) is 46.3 Å². The van der Waals surface area contributed by atoms with Crippen molar-refractivity contribution in [2.75, 3.05) is 0 Å². The molecular formula is C18H23F2N3O2. The average molecular weight is 351 g/mol. The molecule has 0 spiro atoms. The van der Waals surface area contributed by atoms with Crippen LogP contribution in [0.5, 0.6) is 5.75 Å². The lowest BCUT2D eigenvalue weighted by atomic mass is 10.0. The maximum Gasteiger partial charge on any atom is 0.387 e. The van der Waals surface area contributed by atoms with Gasteiger partial charge in [0.2, 0.25) is 5.91 Å². The van der Waals surface area contributed by atoms with Gasteiger partial charge in [-0.3, -0.25) is 9.48 Å². The molecule has 7 heteroatoms. The van der Waals surface area contributed by atoms with Crippen LogP contribution < -0.4 is 10.1 Å². The molecule has 1 aromatic heterocycles. The normalized spacial score (nSPS) is 12.3. The summed E-state index contributed by atoms with van der Waals surface area (Å²) in [5.74, 6) is -0.101. The Morgan fingerprint density at radius 1 is 1.32 bits per heavy atom. The number of hydrogen-bond acceptors (Lipinski definition) is 3. The number of nitrogens with zero attached hydrogens (tertiary/aromatic N) is 2. The summed E-state index contributed by atoms with van der Waals surface area (Å²) < 4.78 is 31.5. The summed E-state index contributed by atoms with van der Waals surface area (Å²) in [6.45, 7) is 2.74. The maximum atomic E-state index is 12.6. The van der Waals surface area contributed by atoms with Crippen molar-refractivity contribution in [1.82, 2.24) is 15.1 Å². The van der Waals surface area contributed by atoms with Crippen molar-refractivity contribution < 1.29 is 18.3 Å². The standard InChI is InChI=1S/C18H23F2N3O2/c1-5-15(13-8-6-7-9-16(13)25-18(19)20)21-17(24)10-14-11(2)22-23(4)12(14)3/h6-9,15,18H,5,10H2,1-4H3,(H,21,24). The number of alkyl halides is 2. The van der Waals surface area contributed by atoms with Gasteiger partial charge in [-0.15, -0.1) is 0 Å². The van der Waals surface area contributed by atoms with E-state index in [1.807, 2.05) is 27.8 Å². The average Bonchev–Trinajstić information content (AvgIpc) is 2.79. The van der Waals surface area contributed by atoms with Gasteiger partial charge in [-0.2, -0.15) is 13.9 Å². The molecule has 2 aromatic rings. The van der Waals surface area contributed by atoms with E-state index in [0.29, 0.717) is 12.0 Å². The summed E-state index contributed by atoms with van der Waals surface area (Å²) in [6.07, 6.45) is 0.750. The first-order valence-electron chi connectivity index (χ1n) is 8.15. The van der Waals surface area contributed by atoms with Gasteiger partial charge in [-0.1, -0.05) is 25.1 Å². The highest BCUT2D eigenvalue weighted by molar-refractivity contribution is 5.79. The van der Waals surface area contributed by atoms with E-state index in [2.05, 4.69) is 15.2 Å². The van der Waals surface area contributed by atoms with Crippen LogP contribution in [0.4, 0.5) is 8.78 Å². The first-order valence-corrected chi connectivity index (χ1v) is 8.15. The Morgan fingerprint density at radius 3 is 2.56 bits per heavy atom. The topological polar surface area (TPSA) is 56.2 Å². The molecule has 0 saturated heterocycles. The summed E-state index contributed by atoms with van der Waals surface area (Å²) in [5, 5.41) is 7.21. The highest BCUT2D eigenvalue weighted by Crippen LogP contribution is 2.28. The van der Waals surface area contributed by atoms with Crippen molar-refractivity contribution in [3.8, 4) is 5.75 Å². The first kappa shape index (κ1) is 18.9. The van der Waals surface area contributed by atoms with Gasteiger partial charge < -0.3 is 10.1 Å². The lowest BCUT2D eigenvalue weighted by molar-refractivity contribution is -0.121. The molecule has 136 valence electrons. The predicted molar refractivity (Wildman–Crippen MR) is 90.6 cm³/mol. The maximum absolute atomic E-state index is 12.6. The van der Waals surface area contributed by atoms with Crippen LogP contribution >= 0.6 is 0 Å². The van der Waals surface area contributed by atoms with Gasteiger partial charge >= 0.3 is 6.61 Å². The van der Waals surface area contributed by atoms with E-state index in [0.717, 1.165) is 17.0 Å². The fourth-order valence-electron chi connectivity index (χ4n) is 2.85. The number of aromatic nitrogens is 2. The number of ether oxygens (including phenoxy) is 1. The number of rotatable bonds is 7. The van der Waals surface area contributed by atoms with Gasteiger partial charge in [0, 0.05) is 23.9 Å². The molecule has 0 aliphatic rings. The number of benzene rings is 1. The van der Waals surface area contributed by atoms with Crippen LogP contribution in [0.1, 0.15) is 41.9 Å². The van der Waals surface area contributed by atoms with Crippen molar-refractivity contribution in [2.24, 2.45) is 7.05 Å². The number of hydrogen-bond donors (Lipinski definition) is 1. The Bertz CT molecular complexity index is 744. The van der Waals surface area contributed by atoms with Gasteiger partial charge in [-0.25, -0.2) is 0 Å². The van der Waals surface area contributed by atoms with Gasteiger partial charge in [0.05, 0.1) is 18.2 Å². The van der Waals surface area contributed by atoms with Crippen LogP contribution in [0.25, 0.3) is 0 Å². The second-order valence-electron chi connectivity index (χ2n) is 5.89. The van der Waals surface area contributed by atoms with Crippen LogP contribution in [0.3, 0.4) is 0 Å². The molecule has 1 atom stereocenters. The molecule has 1 aromatic carbocycles. The van der Waals surface area contributed by atoms with Crippen molar-refractivity contribution in [3.05, 3.63) is 46.8 Å². The van der Waals surface area contributed by atoms with Crippen molar-refractivity contribution in [3.63, 3.8) is 0 Å². The van der Waals surface area contributed by atoms with Gasteiger partial charge in [0.25, 0.3) is 0 Å². The third-order valence-electron chi connectivity index (χ3n) is 4.25. The monoisotopic (exact) mass is 351 g/mol. The minimum Gasteiger partial charge on any atom is -0.434 e. The summed E-state index contributed by atoms with van der Waals surface area (Å²) in [6, 6.07) is 6.12. The molecule has 1 N–H and O–H groups in total. The summed E-state index contributed by atoms with van der Waals surface area (Å²) >= 11 is 0. The lowest BCUT2D eigenvalue weighted by Gasteiger charge is -2.20. The SMILES string of the molecule is CCC(NC(=O)Cc1c(C)nn(C)c1C)c1ccccc1OC(F)F. The van der Waals surface area contributed by atoms with Crippen LogP contribution in [0, 0.1) is 13.8 Å². The van der Waals surface area contributed by atoms with Crippen molar-refractivity contribution >= 4 is 5.91 Å². The molecule has 1 amide bonds. The molecule has 2 rings (SSSR count). The number of halogens is 2. The lowest BCUT2D eigenvalue weighted by Crippen LogP contribution is -2.30. The van der Waals surface area contributed by atoms with Crippen molar-refractivity contribution in [1.29, 1.82) is 0 Å². The number of carbonyl (C=O) groups is 1. The fraction of sp³-hybridized carbons (Fsp3) is 0.444. The molecule has 5 nitrogen and oxygen atoms in total. The molecule has 0 saturated carbocycles. The minimum absolute atomic E-state index is 0.0818. The van der Waals surface area contributed by atoms with E-state index < -0.39 is 12.7 Å². The molecule has 1 heterocycles. The Morgan fingerprint density at radius 2 is 2.00 bits per heavy atom. The Hall–Kier alpha value is -2.44. The number of para-hydroxylation sites is 1.